The lowest BCUT2D eigenvalue weighted by Crippen LogP contribution is -2.43. The third-order valence-electron chi connectivity index (χ3n) is 6.27. The number of allylic oxidation sites excluding steroid dienone is 1. The number of aliphatic hydroxyl groups is 1. The molecule has 10 heteroatoms. The molecule has 10 nitrogen and oxygen atoms in total. The van der Waals surface area contributed by atoms with Crippen LogP contribution in [0, 0.1) is 0 Å². The number of furan rings is 1. The number of rotatable bonds is 10. The van der Waals surface area contributed by atoms with E-state index in [9.17, 15) is 14.7 Å². The molecule has 0 bridgehead atoms. The van der Waals surface area contributed by atoms with Gasteiger partial charge in [0.05, 0.1) is 52.4 Å². The van der Waals surface area contributed by atoms with Crippen LogP contribution in [0.25, 0.3) is 6.08 Å². The van der Waals surface area contributed by atoms with E-state index >= 15 is 0 Å². The molecule has 1 unspecified atom stereocenters. The van der Waals surface area contributed by atoms with Gasteiger partial charge in [-0.2, -0.15) is 0 Å². The van der Waals surface area contributed by atoms with Gasteiger partial charge in [0, 0.05) is 26.2 Å². The van der Waals surface area contributed by atoms with E-state index in [1.54, 1.807) is 24.3 Å². The monoisotopic (exact) mass is 498 g/mol. The standard InChI is InChI=1S/C26H30N2O8/c1-32-20-15-17(16-21(33-2)25(20)34-3)23-22(19(29)7-6-18-5-4-12-36-18)24(30)26(31)28(23)9-8-27-10-13-35-14-11-27/h4-7,12,15-16,23,30H,8-11,13-14H2,1-3H3. The number of carbonyl (C=O) groups excluding carboxylic acids is 2. The van der Waals surface area contributed by atoms with Crippen molar-refractivity contribution in [2.24, 2.45) is 0 Å². The van der Waals surface area contributed by atoms with Crippen molar-refractivity contribution in [1.29, 1.82) is 0 Å². The highest BCUT2D eigenvalue weighted by atomic mass is 16.5. The van der Waals surface area contributed by atoms with Gasteiger partial charge < -0.3 is 33.4 Å². The molecule has 2 aliphatic rings. The number of amides is 1. The second-order valence-electron chi connectivity index (χ2n) is 8.29. The summed E-state index contributed by atoms with van der Waals surface area (Å²) in [5.74, 6) is -0.104. The maximum atomic E-state index is 13.3. The zero-order valence-corrected chi connectivity index (χ0v) is 20.6. The lowest BCUT2D eigenvalue weighted by molar-refractivity contribution is -0.129. The maximum Gasteiger partial charge on any atom is 0.290 e. The summed E-state index contributed by atoms with van der Waals surface area (Å²) >= 11 is 0. The second kappa shape index (κ2) is 11.3. The lowest BCUT2D eigenvalue weighted by Gasteiger charge is -2.32. The molecule has 1 N–H and O–H groups in total. The van der Waals surface area contributed by atoms with Gasteiger partial charge in [-0.25, -0.2) is 0 Å². The average Bonchev–Trinajstić information content (AvgIpc) is 3.52. The molecule has 1 amide bonds. The Labute approximate surface area is 209 Å². The summed E-state index contributed by atoms with van der Waals surface area (Å²) in [6, 6.07) is 5.91. The first kappa shape index (κ1) is 25.3. The summed E-state index contributed by atoms with van der Waals surface area (Å²) < 4.78 is 27.1. The van der Waals surface area contributed by atoms with Crippen molar-refractivity contribution < 1.29 is 38.1 Å². The third kappa shape index (κ3) is 5.09. The molecule has 1 fully saturated rings. The highest BCUT2D eigenvalue weighted by Gasteiger charge is 2.43. The number of ketones is 1. The third-order valence-corrected chi connectivity index (χ3v) is 6.27. The van der Waals surface area contributed by atoms with E-state index in [1.165, 1.54) is 44.6 Å². The summed E-state index contributed by atoms with van der Waals surface area (Å²) in [6.45, 7) is 3.59. The predicted octanol–water partition coefficient (Wildman–Crippen LogP) is 2.62. The molecule has 0 aliphatic carbocycles. The van der Waals surface area contributed by atoms with E-state index in [1.807, 2.05) is 0 Å². The molecule has 1 saturated heterocycles. The van der Waals surface area contributed by atoms with Crippen LogP contribution in [0.3, 0.4) is 0 Å². The molecule has 1 aromatic heterocycles. The number of carbonyl (C=O) groups is 2. The van der Waals surface area contributed by atoms with Crippen LogP contribution >= 0.6 is 0 Å². The van der Waals surface area contributed by atoms with Crippen LogP contribution in [0.1, 0.15) is 17.4 Å². The Bertz CT molecular complexity index is 1120. The van der Waals surface area contributed by atoms with Crippen LogP contribution in [0.2, 0.25) is 0 Å². The molecule has 0 radical (unpaired) electrons. The molecule has 36 heavy (non-hydrogen) atoms. The molecule has 1 aromatic carbocycles. The Morgan fingerprint density at radius 1 is 1.11 bits per heavy atom. The minimum Gasteiger partial charge on any atom is -0.503 e. The first-order valence-corrected chi connectivity index (χ1v) is 11.6. The van der Waals surface area contributed by atoms with Crippen molar-refractivity contribution in [3.05, 3.63) is 59.3 Å². The number of aliphatic hydroxyl groups excluding tert-OH is 1. The molecule has 2 aliphatic heterocycles. The highest BCUT2D eigenvalue weighted by Crippen LogP contribution is 2.45. The average molecular weight is 499 g/mol. The van der Waals surface area contributed by atoms with E-state index < -0.39 is 23.5 Å². The highest BCUT2D eigenvalue weighted by molar-refractivity contribution is 6.14. The Hall–Kier alpha value is -3.76. The molecule has 2 aromatic rings. The fourth-order valence-electron chi connectivity index (χ4n) is 4.45. The first-order valence-electron chi connectivity index (χ1n) is 11.6. The minimum absolute atomic E-state index is 0.0287. The van der Waals surface area contributed by atoms with Crippen molar-refractivity contribution in [1.82, 2.24) is 9.80 Å². The van der Waals surface area contributed by atoms with E-state index in [4.69, 9.17) is 23.4 Å². The number of nitrogens with zero attached hydrogens (tertiary/aromatic N) is 2. The van der Waals surface area contributed by atoms with Crippen LogP contribution in [0.5, 0.6) is 17.2 Å². The Morgan fingerprint density at radius 3 is 2.39 bits per heavy atom. The summed E-state index contributed by atoms with van der Waals surface area (Å²) in [5, 5.41) is 10.9. The van der Waals surface area contributed by atoms with Crippen molar-refractivity contribution in [2.45, 2.75) is 6.04 Å². The second-order valence-corrected chi connectivity index (χ2v) is 8.29. The van der Waals surface area contributed by atoms with Crippen LogP contribution in [0.15, 0.2) is 52.4 Å². The van der Waals surface area contributed by atoms with Crippen LogP contribution in [0.4, 0.5) is 0 Å². The van der Waals surface area contributed by atoms with Crippen molar-refractivity contribution in [2.75, 3.05) is 60.7 Å². The van der Waals surface area contributed by atoms with Crippen LogP contribution < -0.4 is 14.2 Å². The first-order chi connectivity index (χ1) is 17.5. The topological polar surface area (TPSA) is 111 Å². The van der Waals surface area contributed by atoms with Crippen molar-refractivity contribution in [3.63, 3.8) is 0 Å². The van der Waals surface area contributed by atoms with Gasteiger partial charge in [-0.15, -0.1) is 0 Å². The summed E-state index contributed by atoms with van der Waals surface area (Å²) in [5.41, 5.74) is 0.512. The molecular weight excluding hydrogens is 468 g/mol. The van der Waals surface area contributed by atoms with E-state index in [0.717, 1.165) is 13.1 Å². The smallest absolute Gasteiger partial charge is 0.290 e. The van der Waals surface area contributed by atoms with E-state index in [0.29, 0.717) is 54.9 Å². The summed E-state index contributed by atoms with van der Waals surface area (Å²) in [6.07, 6.45) is 4.27. The lowest BCUT2D eigenvalue weighted by atomic mass is 9.95. The van der Waals surface area contributed by atoms with Gasteiger partial charge in [-0.05, 0) is 42.0 Å². The number of benzene rings is 1. The van der Waals surface area contributed by atoms with E-state index in [2.05, 4.69) is 4.90 Å². The molecule has 192 valence electrons. The van der Waals surface area contributed by atoms with Crippen LogP contribution in [-0.2, 0) is 14.3 Å². The van der Waals surface area contributed by atoms with Crippen molar-refractivity contribution >= 4 is 17.8 Å². The Balaban J connectivity index is 1.73. The molecule has 0 spiro atoms. The van der Waals surface area contributed by atoms with Gasteiger partial charge in [0.25, 0.3) is 5.91 Å². The van der Waals surface area contributed by atoms with Gasteiger partial charge in [0.2, 0.25) is 5.75 Å². The van der Waals surface area contributed by atoms with Gasteiger partial charge in [-0.3, -0.25) is 14.5 Å². The van der Waals surface area contributed by atoms with Crippen molar-refractivity contribution in [3.8, 4) is 17.2 Å². The van der Waals surface area contributed by atoms with Gasteiger partial charge in [0.1, 0.15) is 5.76 Å². The number of hydrogen-bond donors (Lipinski definition) is 1. The fraction of sp³-hybridized carbons (Fsp3) is 0.385. The molecule has 4 rings (SSSR count). The number of hydrogen-bond acceptors (Lipinski definition) is 9. The largest absolute Gasteiger partial charge is 0.503 e. The normalized spacial score (nSPS) is 18.8. The molecule has 1 atom stereocenters. The number of methoxy groups -OCH3 is 3. The van der Waals surface area contributed by atoms with Gasteiger partial charge in [0.15, 0.2) is 23.0 Å². The van der Waals surface area contributed by atoms with E-state index in [-0.39, 0.29) is 5.57 Å². The summed E-state index contributed by atoms with van der Waals surface area (Å²) in [4.78, 5) is 30.2. The quantitative estimate of drug-likeness (QED) is 0.494. The Morgan fingerprint density at radius 2 is 1.81 bits per heavy atom. The zero-order valence-electron chi connectivity index (χ0n) is 20.6. The fourth-order valence-corrected chi connectivity index (χ4v) is 4.45. The Kier molecular flexibility index (Phi) is 7.97. The number of morpholine rings is 1. The zero-order chi connectivity index (χ0) is 25.7. The van der Waals surface area contributed by atoms with Gasteiger partial charge >= 0.3 is 0 Å². The molecule has 0 saturated carbocycles. The van der Waals surface area contributed by atoms with Crippen LogP contribution in [-0.4, -0.2) is 87.3 Å². The maximum absolute atomic E-state index is 13.3. The molecule has 3 heterocycles. The predicted molar refractivity (Wildman–Crippen MR) is 130 cm³/mol. The summed E-state index contributed by atoms with van der Waals surface area (Å²) in [7, 11) is 4.47. The molecular formula is C26H30N2O8. The SMILES string of the molecule is COc1cc(C2C(C(=O)C=Cc3ccco3)=C(O)C(=O)N2CCN2CCOCC2)cc(OC)c1OC. The number of ether oxygens (including phenoxy) is 4. The minimum atomic E-state index is -0.860. The van der Waals surface area contributed by atoms with Gasteiger partial charge in [-0.1, -0.05) is 0 Å².